The molecule has 0 aliphatic rings. The van der Waals surface area contributed by atoms with Crippen molar-refractivity contribution in [3.8, 4) is 28.5 Å². The van der Waals surface area contributed by atoms with E-state index in [2.05, 4.69) is 39.4 Å². The van der Waals surface area contributed by atoms with E-state index in [4.69, 9.17) is 24.3 Å². The molecule has 2 aromatic carbocycles. The van der Waals surface area contributed by atoms with Crippen molar-refractivity contribution in [1.82, 2.24) is 25.6 Å². The lowest BCUT2D eigenvalue weighted by Crippen LogP contribution is -2.37. The molecule has 0 saturated heterocycles. The Morgan fingerprint density at radius 3 is 2.36 bits per heavy atom. The van der Waals surface area contributed by atoms with Gasteiger partial charge in [0.25, 0.3) is 11.8 Å². The number of aromatic nitrogens is 4. The molecule has 0 fully saturated rings. The highest BCUT2D eigenvalue weighted by Gasteiger charge is 2.22. The van der Waals surface area contributed by atoms with Crippen molar-refractivity contribution in [1.29, 1.82) is 0 Å². The fourth-order valence-electron chi connectivity index (χ4n) is 3.90. The Morgan fingerprint density at radius 1 is 1.00 bits per heavy atom. The van der Waals surface area contributed by atoms with E-state index in [1.54, 1.807) is 19.1 Å². The molecule has 0 aliphatic carbocycles. The molecule has 42 heavy (non-hydrogen) atoms. The highest BCUT2D eigenvalue weighted by atomic mass is 19.1. The highest BCUT2D eigenvalue weighted by molar-refractivity contribution is 5.95. The number of halogens is 1. The second-order valence-corrected chi connectivity index (χ2v) is 10.1. The van der Waals surface area contributed by atoms with Gasteiger partial charge in [0.1, 0.15) is 18.2 Å². The zero-order valence-electron chi connectivity index (χ0n) is 23.8. The molecule has 0 radical (unpaired) electrons. The van der Waals surface area contributed by atoms with Gasteiger partial charge in [-0.2, -0.15) is 9.97 Å². The van der Waals surface area contributed by atoms with Crippen LogP contribution in [0, 0.1) is 11.7 Å². The predicted octanol–water partition coefficient (Wildman–Crippen LogP) is 4.27. The van der Waals surface area contributed by atoms with E-state index >= 15 is 0 Å². The summed E-state index contributed by atoms with van der Waals surface area (Å²) in [6, 6.07) is 10.7. The van der Waals surface area contributed by atoms with Crippen molar-refractivity contribution in [3.05, 3.63) is 65.6 Å². The van der Waals surface area contributed by atoms with Crippen LogP contribution in [0.5, 0.6) is 5.75 Å². The average molecular weight is 581 g/mol. The second-order valence-electron chi connectivity index (χ2n) is 10.1. The van der Waals surface area contributed by atoms with Gasteiger partial charge in [0.15, 0.2) is 6.10 Å². The number of esters is 1. The van der Waals surface area contributed by atoms with Crippen molar-refractivity contribution in [2.24, 2.45) is 11.7 Å². The largest absolute Gasteiger partial charge is 0.481 e. The Labute approximate surface area is 241 Å². The average Bonchev–Trinajstić information content (AvgIpc) is 3.65. The van der Waals surface area contributed by atoms with E-state index in [0.717, 1.165) is 11.6 Å². The van der Waals surface area contributed by atoms with Gasteiger partial charge in [-0.1, -0.05) is 37.2 Å². The van der Waals surface area contributed by atoms with Crippen LogP contribution in [0.2, 0.25) is 0 Å². The summed E-state index contributed by atoms with van der Waals surface area (Å²) in [5, 5.41) is 10.6. The summed E-state index contributed by atoms with van der Waals surface area (Å²) in [4.78, 5) is 32.5. The molecule has 12 nitrogen and oxygen atoms in total. The highest BCUT2D eigenvalue weighted by Crippen LogP contribution is 2.28. The third kappa shape index (κ3) is 7.75. The zero-order valence-corrected chi connectivity index (χ0v) is 23.8. The lowest BCUT2D eigenvalue weighted by atomic mass is 10.1. The van der Waals surface area contributed by atoms with Crippen LogP contribution in [0.25, 0.3) is 22.8 Å². The van der Waals surface area contributed by atoms with Crippen molar-refractivity contribution in [2.75, 3.05) is 13.2 Å². The number of hydrogen-bond acceptors (Lipinski definition) is 11. The molecule has 2 unspecified atom stereocenters. The van der Waals surface area contributed by atoms with Gasteiger partial charge >= 0.3 is 5.97 Å². The fourth-order valence-corrected chi connectivity index (χ4v) is 3.90. The summed E-state index contributed by atoms with van der Waals surface area (Å²) in [6.07, 6.45) is 0.684. The van der Waals surface area contributed by atoms with Gasteiger partial charge in [-0.15, -0.1) is 0 Å². The van der Waals surface area contributed by atoms with Gasteiger partial charge in [-0.25, -0.2) is 4.39 Å². The van der Waals surface area contributed by atoms with Crippen LogP contribution in [-0.4, -0.2) is 51.4 Å². The molecule has 2 heterocycles. The Kier molecular flexibility index (Phi) is 9.97. The topological polar surface area (TPSA) is 168 Å². The molecule has 0 aliphatic heterocycles. The molecule has 13 heteroatoms. The number of hydrogen-bond donors (Lipinski definition) is 2. The maximum Gasteiger partial charge on any atom is 0.319 e. The standard InChI is InChI=1S/C29H33FN6O6/c1-5-23(40-20-9-6-18(7-10-20)26-33-24(41-35-26)12-16(2)3)29-34-27(36-42-29)19-8-11-21(22(30)13-19)28(38)32-17(4)15-39-25(37)14-31/h6-11,13,16-17,23H,5,12,14-15,31H2,1-4H3,(H,32,38). The first-order valence-corrected chi connectivity index (χ1v) is 13.6. The molecule has 0 bridgehead atoms. The zero-order chi connectivity index (χ0) is 30.2. The molecule has 4 aromatic rings. The van der Waals surface area contributed by atoms with E-state index in [0.29, 0.717) is 41.8 Å². The first-order valence-electron chi connectivity index (χ1n) is 13.6. The summed E-state index contributed by atoms with van der Waals surface area (Å²) < 4.78 is 36.5. The van der Waals surface area contributed by atoms with Crippen molar-refractivity contribution in [2.45, 2.75) is 52.7 Å². The Morgan fingerprint density at radius 2 is 1.69 bits per heavy atom. The van der Waals surface area contributed by atoms with Gasteiger partial charge in [0, 0.05) is 17.5 Å². The summed E-state index contributed by atoms with van der Waals surface area (Å²) in [6.45, 7) is 7.33. The maximum absolute atomic E-state index is 14.8. The number of nitrogens with zero attached hydrogens (tertiary/aromatic N) is 4. The van der Waals surface area contributed by atoms with Gasteiger partial charge in [0.2, 0.25) is 17.5 Å². The third-order valence-electron chi connectivity index (χ3n) is 6.04. The van der Waals surface area contributed by atoms with E-state index < -0.39 is 29.8 Å². The smallest absolute Gasteiger partial charge is 0.319 e. The minimum absolute atomic E-state index is 0.0873. The monoisotopic (exact) mass is 580 g/mol. The minimum Gasteiger partial charge on any atom is -0.481 e. The van der Waals surface area contributed by atoms with E-state index in [9.17, 15) is 14.0 Å². The Bertz CT molecular complexity index is 1500. The molecule has 0 saturated carbocycles. The van der Waals surface area contributed by atoms with Gasteiger partial charge in [-0.3, -0.25) is 9.59 Å². The van der Waals surface area contributed by atoms with Crippen molar-refractivity contribution < 1.29 is 32.5 Å². The normalized spacial score (nSPS) is 12.6. The first kappa shape index (κ1) is 30.3. The van der Waals surface area contributed by atoms with E-state index in [1.807, 2.05) is 19.1 Å². The molecular weight excluding hydrogens is 547 g/mol. The minimum atomic E-state index is -0.774. The molecule has 0 spiro atoms. The van der Waals surface area contributed by atoms with Crippen LogP contribution < -0.4 is 15.8 Å². The van der Waals surface area contributed by atoms with Crippen molar-refractivity contribution in [3.63, 3.8) is 0 Å². The quantitative estimate of drug-likeness (QED) is 0.217. The molecule has 2 aromatic heterocycles. The van der Waals surface area contributed by atoms with Gasteiger partial charge in [-0.05, 0) is 55.7 Å². The number of carbonyl (C=O) groups excluding carboxylic acids is 2. The van der Waals surface area contributed by atoms with Crippen LogP contribution in [0.15, 0.2) is 51.5 Å². The molecule has 222 valence electrons. The van der Waals surface area contributed by atoms with Gasteiger partial charge in [0.05, 0.1) is 18.2 Å². The van der Waals surface area contributed by atoms with Crippen LogP contribution in [0.1, 0.15) is 62.4 Å². The lowest BCUT2D eigenvalue weighted by Gasteiger charge is -2.14. The Balaban J connectivity index is 1.39. The maximum atomic E-state index is 14.8. The molecular formula is C29H33FN6O6. The second kappa shape index (κ2) is 13.8. The molecule has 2 atom stereocenters. The SMILES string of the molecule is CCC(Oc1ccc(-c2noc(CC(C)C)n2)cc1)c1nc(-c2ccc(C(=O)NC(C)COC(=O)CN)c(F)c2)no1. The number of ether oxygens (including phenoxy) is 2. The van der Waals surface area contributed by atoms with E-state index in [1.165, 1.54) is 12.1 Å². The number of nitrogens with two attached hydrogens (primary N) is 1. The van der Waals surface area contributed by atoms with E-state index in [-0.39, 0.29) is 30.4 Å². The fraction of sp³-hybridized carbons (Fsp3) is 0.379. The number of nitrogens with one attached hydrogen (secondary N) is 1. The lowest BCUT2D eigenvalue weighted by molar-refractivity contribution is -0.142. The number of benzene rings is 2. The number of rotatable bonds is 13. The van der Waals surface area contributed by atoms with Gasteiger partial charge < -0.3 is 29.6 Å². The first-order chi connectivity index (χ1) is 20.2. The van der Waals surface area contributed by atoms with Crippen molar-refractivity contribution >= 4 is 11.9 Å². The summed E-state index contributed by atoms with van der Waals surface area (Å²) in [5.74, 6) is 0.402. The van der Waals surface area contributed by atoms with Crippen LogP contribution in [0.3, 0.4) is 0 Å². The third-order valence-corrected chi connectivity index (χ3v) is 6.04. The number of carbonyl (C=O) groups is 2. The van der Waals surface area contributed by atoms with Crippen LogP contribution in [0.4, 0.5) is 4.39 Å². The molecule has 4 rings (SSSR count). The summed E-state index contributed by atoms with van der Waals surface area (Å²) in [7, 11) is 0. The molecule has 1 amide bonds. The van der Waals surface area contributed by atoms with Crippen LogP contribution >= 0.6 is 0 Å². The molecule has 3 N–H and O–H groups in total. The Hall–Kier alpha value is -4.65. The number of amides is 1. The summed E-state index contributed by atoms with van der Waals surface area (Å²) >= 11 is 0. The summed E-state index contributed by atoms with van der Waals surface area (Å²) in [5.41, 5.74) is 6.11. The van der Waals surface area contributed by atoms with Crippen LogP contribution in [-0.2, 0) is 16.0 Å². The predicted molar refractivity (Wildman–Crippen MR) is 149 cm³/mol.